The van der Waals surface area contributed by atoms with Crippen molar-refractivity contribution in [3.8, 4) is 0 Å². The largest absolute Gasteiger partial charge is 0.462 e. The number of carbonyl (C=O) groups is 1. The number of carbonyl (C=O) groups excluding carboxylic acids is 1. The van der Waals surface area contributed by atoms with Crippen molar-refractivity contribution < 1.29 is 13.6 Å². The van der Waals surface area contributed by atoms with Gasteiger partial charge in [-0.3, -0.25) is 4.79 Å². The highest BCUT2D eigenvalue weighted by atomic mass is 19.1. The first-order chi connectivity index (χ1) is 9.54. The Labute approximate surface area is 117 Å². The molecule has 0 spiro atoms. The summed E-state index contributed by atoms with van der Waals surface area (Å²) >= 11 is 0. The SMILES string of the molecule is Cc1ccc(/C=C/C(=O)NCc2ccc(C)c(F)c2)o1. The zero-order valence-corrected chi connectivity index (χ0v) is 11.4. The standard InChI is InChI=1S/C16H16FNO2/c1-11-3-5-13(9-15(11)17)10-18-16(19)8-7-14-6-4-12(2)20-14/h3-9H,10H2,1-2H3,(H,18,19)/b8-7+. The molecule has 1 aromatic carbocycles. The average molecular weight is 273 g/mol. The van der Waals surface area contributed by atoms with Gasteiger partial charge in [-0.05, 0) is 49.2 Å². The van der Waals surface area contributed by atoms with E-state index in [4.69, 9.17) is 4.42 Å². The minimum absolute atomic E-state index is 0.250. The molecule has 2 rings (SSSR count). The summed E-state index contributed by atoms with van der Waals surface area (Å²) in [7, 11) is 0. The molecule has 0 aliphatic rings. The molecule has 104 valence electrons. The third-order valence-electron chi connectivity index (χ3n) is 2.86. The molecule has 0 unspecified atom stereocenters. The van der Waals surface area contributed by atoms with Crippen molar-refractivity contribution in [1.82, 2.24) is 5.32 Å². The number of halogens is 1. The fraction of sp³-hybridized carbons (Fsp3) is 0.188. The van der Waals surface area contributed by atoms with Crippen molar-refractivity contribution in [2.24, 2.45) is 0 Å². The molecule has 1 heterocycles. The normalized spacial score (nSPS) is 10.9. The lowest BCUT2D eigenvalue weighted by atomic mass is 10.1. The topological polar surface area (TPSA) is 42.2 Å². The highest BCUT2D eigenvalue weighted by Crippen LogP contribution is 2.09. The Bertz CT molecular complexity index is 644. The third kappa shape index (κ3) is 3.82. The lowest BCUT2D eigenvalue weighted by Gasteiger charge is -2.04. The van der Waals surface area contributed by atoms with Gasteiger partial charge < -0.3 is 9.73 Å². The Morgan fingerprint density at radius 3 is 2.75 bits per heavy atom. The number of amides is 1. The number of furan rings is 1. The monoisotopic (exact) mass is 273 g/mol. The first-order valence-electron chi connectivity index (χ1n) is 6.32. The van der Waals surface area contributed by atoms with Crippen molar-refractivity contribution in [2.45, 2.75) is 20.4 Å². The van der Waals surface area contributed by atoms with Gasteiger partial charge in [0.15, 0.2) is 0 Å². The van der Waals surface area contributed by atoms with E-state index in [-0.39, 0.29) is 18.3 Å². The van der Waals surface area contributed by atoms with E-state index in [2.05, 4.69) is 5.32 Å². The van der Waals surface area contributed by atoms with Crippen LogP contribution >= 0.6 is 0 Å². The summed E-state index contributed by atoms with van der Waals surface area (Å²) in [6.45, 7) is 3.83. The van der Waals surface area contributed by atoms with E-state index in [1.54, 1.807) is 31.2 Å². The first-order valence-corrected chi connectivity index (χ1v) is 6.32. The second-order valence-corrected chi connectivity index (χ2v) is 4.58. The summed E-state index contributed by atoms with van der Waals surface area (Å²) in [5, 5.41) is 2.69. The molecule has 20 heavy (non-hydrogen) atoms. The molecule has 1 N–H and O–H groups in total. The van der Waals surface area contributed by atoms with Gasteiger partial charge in [-0.1, -0.05) is 12.1 Å². The molecular weight excluding hydrogens is 257 g/mol. The van der Waals surface area contributed by atoms with Gasteiger partial charge >= 0.3 is 0 Å². The molecule has 0 aliphatic heterocycles. The zero-order valence-electron chi connectivity index (χ0n) is 11.4. The van der Waals surface area contributed by atoms with Gasteiger partial charge in [-0.25, -0.2) is 4.39 Å². The van der Waals surface area contributed by atoms with E-state index in [1.165, 1.54) is 12.1 Å². The van der Waals surface area contributed by atoms with Crippen LogP contribution in [0.3, 0.4) is 0 Å². The second-order valence-electron chi connectivity index (χ2n) is 4.58. The van der Waals surface area contributed by atoms with E-state index in [9.17, 15) is 9.18 Å². The maximum atomic E-state index is 13.3. The summed E-state index contributed by atoms with van der Waals surface area (Å²) in [6.07, 6.45) is 2.99. The van der Waals surface area contributed by atoms with Crippen LogP contribution < -0.4 is 5.32 Å². The Balaban J connectivity index is 1.88. The maximum Gasteiger partial charge on any atom is 0.244 e. The van der Waals surface area contributed by atoms with Gasteiger partial charge in [0.25, 0.3) is 0 Å². The molecule has 1 amide bonds. The Morgan fingerprint density at radius 1 is 1.30 bits per heavy atom. The van der Waals surface area contributed by atoms with Crippen LogP contribution in [-0.4, -0.2) is 5.91 Å². The van der Waals surface area contributed by atoms with Crippen molar-refractivity contribution in [3.63, 3.8) is 0 Å². The van der Waals surface area contributed by atoms with E-state index in [0.29, 0.717) is 11.3 Å². The lowest BCUT2D eigenvalue weighted by molar-refractivity contribution is -0.116. The minimum Gasteiger partial charge on any atom is -0.462 e. The molecule has 0 fully saturated rings. The summed E-state index contributed by atoms with van der Waals surface area (Å²) in [6, 6.07) is 8.52. The van der Waals surface area contributed by atoms with Gasteiger partial charge in [-0.15, -0.1) is 0 Å². The van der Waals surface area contributed by atoms with Crippen LogP contribution in [0.15, 0.2) is 40.8 Å². The smallest absolute Gasteiger partial charge is 0.244 e. The predicted octanol–water partition coefficient (Wildman–Crippen LogP) is 3.37. The number of hydrogen-bond donors (Lipinski definition) is 1. The molecule has 0 saturated carbocycles. The molecule has 4 heteroatoms. The molecule has 0 aliphatic carbocycles. The van der Waals surface area contributed by atoms with Crippen LogP contribution in [-0.2, 0) is 11.3 Å². The summed E-state index contributed by atoms with van der Waals surface area (Å²) in [4.78, 5) is 11.6. The average Bonchev–Trinajstić information content (AvgIpc) is 2.83. The van der Waals surface area contributed by atoms with Gasteiger partial charge in [0.1, 0.15) is 17.3 Å². The molecular formula is C16H16FNO2. The van der Waals surface area contributed by atoms with Crippen LogP contribution in [0.5, 0.6) is 0 Å². The van der Waals surface area contributed by atoms with Crippen molar-refractivity contribution in [3.05, 3.63) is 64.9 Å². The lowest BCUT2D eigenvalue weighted by Crippen LogP contribution is -2.20. The fourth-order valence-electron chi connectivity index (χ4n) is 1.70. The van der Waals surface area contributed by atoms with Gasteiger partial charge in [-0.2, -0.15) is 0 Å². The van der Waals surface area contributed by atoms with Crippen LogP contribution in [0.25, 0.3) is 6.08 Å². The zero-order chi connectivity index (χ0) is 14.5. The highest BCUT2D eigenvalue weighted by Gasteiger charge is 2.01. The second kappa shape index (κ2) is 6.19. The number of rotatable bonds is 4. The number of aryl methyl sites for hydroxylation is 2. The third-order valence-corrected chi connectivity index (χ3v) is 2.86. The molecule has 0 radical (unpaired) electrons. The van der Waals surface area contributed by atoms with E-state index in [1.807, 2.05) is 13.0 Å². The molecule has 0 bridgehead atoms. The number of nitrogens with one attached hydrogen (secondary N) is 1. The molecule has 3 nitrogen and oxygen atoms in total. The molecule has 0 atom stereocenters. The number of benzene rings is 1. The van der Waals surface area contributed by atoms with Crippen molar-refractivity contribution in [2.75, 3.05) is 0 Å². The quantitative estimate of drug-likeness (QED) is 0.868. The Kier molecular flexibility index (Phi) is 4.35. The van der Waals surface area contributed by atoms with Crippen LogP contribution in [0, 0.1) is 19.7 Å². The molecule has 2 aromatic rings. The predicted molar refractivity (Wildman–Crippen MR) is 75.5 cm³/mol. The van der Waals surface area contributed by atoms with E-state index in [0.717, 1.165) is 11.3 Å². The summed E-state index contributed by atoms with van der Waals surface area (Å²) in [5.74, 6) is 0.901. The molecule has 0 saturated heterocycles. The highest BCUT2D eigenvalue weighted by molar-refractivity contribution is 5.91. The summed E-state index contributed by atoms with van der Waals surface area (Å²) < 4.78 is 18.6. The first kappa shape index (κ1) is 14.1. The van der Waals surface area contributed by atoms with Crippen molar-refractivity contribution in [1.29, 1.82) is 0 Å². The Hall–Kier alpha value is -2.36. The van der Waals surface area contributed by atoms with Gasteiger partial charge in [0.05, 0.1) is 0 Å². The van der Waals surface area contributed by atoms with Gasteiger partial charge in [0.2, 0.25) is 5.91 Å². The summed E-state index contributed by atoms with van der Waals surface area (Å²) in [5.41, 5.74) is 1.32. The molecule has 1 aromatic heterocycles. The van der Waals surface area contributed by atoms with E-state index >= 15 is 0 Å². The minimum atomic E-state index is -0.265. The van der Waals surface area contributed by atoms with Crippen molar-refractivity contribution >= 4 is 12.0 Å². The maximum absolute atomic E-state index is 13.3. The van der Waals surface area contributed by atoms with Crippen LogP contribution in [0.2, 0.25) is 0 Å². The van der Waals surface area contributed by atoms with Crippen LogP contribution in [0.4, 0.5) is 4.39 Å². The Morgan fingerprint density at radius 2 is 2.10 bits per heavy atom. The fourth-order valence-corrected chi connectivity index (χ4v) is 1.70. The van der Waals surface area contributed by atoms with E-state index < -0.39 is 0 Å². The number of hydrogen-bond acceptors (Lipinski definition) is 2. The van der Waals surface area contributed by atoms with Gasteiger partial charge in [0, 0.05) is 12.6 Å². The van der Waals surface area contributed by atoms with Crippen LogP contribution in [0.1, 0.15) is 22.6 Å².